The van der Waals surface area contributed by atoms with Crippen LogP contribution >= 0.6 is 0 Å². The van der Waals surface area contributed by atoms with Crippen molar-refractivity contribution in [3.63, 3.8) is 0 Å². The summed E-state index contributed by atoms with van der Waals surface area (Å²) in [6.45, 7) is 6.57. The van der Waals surface area contributed by atoms with Crippen LogP contribution in [0.4, 0.5) is 11.4 Å². The van der Waals surface area contributed by atoms with E-state index in [0.717, 1.165) is 30.5 Å². The van der Waals surface area contributed by atoms with Gasteiger partial charge in [-0.2, -0.15) is 4.31 Å². The third kappa shape index (κ3) is 5.78. The number of anilines is 2. The minimum Gasteiger partial charge on any atom is -0.381 e. The predicted octanol–water partition coefficient (Wildman–Crippen LogP) is 4.01. The number of nitrogens with one attached hydrogen (secondary N) is 2. The van der Waals surface area contributed by atoms with E-state index in [0.29, 0.717) is 30.2 Å². The maximum atomic E-state index is 12.9. The summed E-state index contributed by atoms with van der Waals surface area (Å²) in [5.41, 5.74) is 2.17. The smallest absolute Gasteiger partial charge is 0.243 e. The molecule has 1 saturated heterocycles. The van der Waals surface area contributed by atoms with Gasteiger partial charge in [0.1, 0.15) is 0 Å². The Morgan fingerprint density at radius 2 is 1.52 bits per heavy atom. The Morgan fingerprint density at radius 1 is 0.871 bits per heavy atom. The molecule has 0 bridgehead atoms. The average Bonchev–Trinajstić information content (AvgIpc) is 2.73. The number of hydrogen-bond donors (Lipinski definition) is 2. The van der Waals surface area contributed by atoms with Crippen LogP contribution in [-0.2, 0) is 26.6 Å². The maximum absolute atomic E-state index is 12.9. The summed E-state index contributed by atoms with van der Waals surface area (Å²) in [6.07, 6.45) is 2.88. The van der Waals surface area contributed by atoms with Gasteiger partial charge >= 0.3 is 0 Å². The Bertz CT molecular complexity index is 1100. The number of hydrogen-bond acceptors (Lipinski definition) is 5. The van der Waals surface area contributed by atoms with E-state index in [1.807, 2.05) is 18.2 Å². The predicted molar refractivity (Wildman–Crippen MR) is 125 cm³/mol. The van der Waals surface area contributed by atoms with Gasteiger partial charge in [0, 0.05) is 31.0 Å². The molecular weight excluding hydrogens is 434 g/mol. The van der Waals surface area contributed by atoms with Gasteiger partial charge in [0.05, 0.1) is 9.64 Å². The normalized spacial score (nSPS) is 16.1. The van der Waals surface area contributed by atoms with Crippen LogP contribution in [0, 0.1) is 0 Å². The van der Waals surface area contributed by atoms with Crippen molar-refractivity contribution in [2.45, 2.75) is 56.2 Å². The lowest BCUT2D eigenvalue weighted by molar-refractivity contribution is 0.346. The molecule has 31 heavy (non-hydrogen) atoms. The van der Waals surface area contributed by atoms with E-state index >= 15 is 0 Å². The summed E-state index contributed by atoms with van der Waals surface area (Å²) in [6, 6.07) is 14.0. The third-order valence-electron chi connectivity index (χ3n) is 5.30. The number of benzene rings is 2. The topological polar surface area (TPSA) is 95.6 Å². The molecule has 9 heteroatoms. The van der Waals surface area contributed by atoms with Gasteiger partial charge in [-0.05, 0) is 69.5 Å². The quantitative estimate of drug-likeness (QED) is 0.644. The van der Waals surface area contributed by atoms with Crippen LogP contribution in [0.25, 0.3) is 0 Å². The van der Waals surface area contributed by atoms with Crippen molar-refractivity contribution in [1.82, 2.24) is 4.31 Å². The Labute approximate surface area is 186 Å². The highest BCUT2D eigenvalue weighted by atomic mass is 32.2. The van der Waals surface area contributed by atoms with E-state index in [-0.39, 0.29) is 0 Å². The first-order valence-corrected chi connectivity index (χ1v) is 13.4. The summed E-state index contributed by atoms with van der Waals surface area (Å²) in [5.74, 6) is 0. The molecule has 0 spiro atoms. The molecule has 0 atom stereocenters. The highest BCUT2D eigenvalue weighted by Gasteiger charge is 2.29. The van der Waals surface area contributed by atoms with Crippen LogP contribution in [0.5, 0.6) is 0 Å². The van der Waals surface area contributed by atoms with Crippen LogP contribution in [0.2, 0.25) is 0 Å². The summed E-state index contributed by atoms with van der Waals surface area (Å²) >= 11 is 0. The first kappa shape index (κ1) is 23.6. The Balaban J connectivity index is 1.65. The molecule has 0 amide bonds. The summed E-state index contributed by atoms with van der Waals surface area (Å²) in [5, 5.41) is 3.25. The fraction of sp³-hybridized carbons (Fsp3) is 0.455. The highest BCUT2D eigenvalue weighted by Crippen LogP contribution is 2.24. The molecule has 1 heterocycles. The largest absolute Gasteiger partial charge is 0.381 e. The SMILES string of the molecule is CC(C)(C)S(=O)(=O)Nc1ccc(CNc2cccc(S(=O)(=O)N3CCCCC3)c2)cc1. The molecule has 2 aromatic carbocycles. The zero-order chi connectivity index (χ0) is 22.7. The van der Waals surface area contributed by atoms with Gasteiger partial charge in [0.15, 0.2) is 0 Å². The molecule has 1 aliphatic rings. The van der Waals surface area contributed by atoms with Crippen molar-refractivity contribution < 1.29 is 16.8 Å². The van der Waals surface area contributed by atoms with Gasteiger partial charge < -0.3 is 5.32 Å². The molecule has 7 nitrogen and oxygen atoms in total. The van der Waals surface area contributed by atoms with E-state index in [9.17, 15) is 16.8 Å². The molecule has 1 fully saturated rings. The Hall–Kier alpha value is -2.10. The minimum atomic E-state index is -3.47. The maximum Gasteiger partial charge on any atom is 0.243 e. The zero-order valence-corrected chi connectivity index (χ0v) is 19.9. The number of piperidine rings is 1. The Morgan fingerprint density at radius 3 is 2.13 bits per heavy atom. The van der Waals surface area contributed by atoms with E-state index in [1.165, 1.54) is 0 Å². The van der Waals surface area contributed by atoms with Crippen molar-refractivity contribution in [3.8, 4) is 0 Å². The monoisotopic (exact) mass is 465 g/mol. The Kier molecular flexibility index (Phi) is 6.98. The average molecular weight is 466 g/mol. The zero-order valence-electron chi connectivity index (χ0n) is 18.3. The molecule has 0 aliphatic carbocycles. The summed E-state index contributed by atoms with van der Waals surface area (Å²) < 4.78 is 53.6. The second-order valence-corrected chi connectivity index (χ2v) is 13.1. The van der Waals surface area contributed by atoms with Crippen LogP contribution < -0.4 is 10.0 Å². The third-order valence-corrected chi connectivity index (χ3v) is 9.31. The summed E-state index contributed by atoms with van der Waals surface area (Å²) in [4.78, 5) is 0.298. The van der Waals surface area contributed by atoms with Crippen molar-refractivity contribution in [2.24, 2.45) is 0 Å². The molecule has 0 saturated carbocycles. The number of nitrogens with zero attached hydrogens (tertiary/aromatic N) is 1. The van der Waals surface area contributed by atoms with E-state index in [4.69, 9.17) is 0 Å². The minimum absolute atomic E-state index is 0.298. The van der Waals surface area contributed by atoms with E-state index in [1.54, 1.807) is 55.4 Å². The number of rotatable bonds is 7. The summed E-state index contributed by atoms with van der Waals surface area (Å²) in [7, 11) is -6.95. The molecule has 1 aliphatic heterocycles. The molecule has 3 rings (SSSR count). The van der Waals surface area contributed by atoms with Crippen molar-refractivity contribution in [2.75, 3.05) is 23.1 Å². The van der Waals surface area contributed by atoms with Crippen molar-refractivity contribution >= 4 is 31.4 Å². The van der Waals surface area contributed by atoms with E-state index < -0.39 is 24.8 Å². The molecule has 170 valence electrons. The second-order valence-electron chi connectivity index (χ2n) is 8.76. The van der Waals surface area contributed by atoms with Gasteiger partial charge in [-0.25, -0.2) is 16.8 Å². The van der Waals surface area contributed by atoms with Crippen LogP contribution in [-0.4, -0.2) is 39.0 Å². The van der Waals surface area contributed by atoms with Crippen LogP contribution in [0.3, 0.4) is 0 Å². The van der Waals surface area contributed by atoms with Gasteiger partial charge in [-0.1, -0.05) is 24.6 Å². The fourth-order valence-electron chi connectivity index (χ4n) is 3.22. The van der Waals surface area contributed by atoms with Gasteiger partial charge in [0.2, 0.25) is 20.0 Å². The lowest BCUT2D eigenvalue weighted by Gasteiger charge is -2.26. The van der Waals surface area contributed by atoms with Crippen molar-refractivity contribution in [3.05, 3.63) is 54.1 Å². The first-order chi connectivity index (χ1) is 14.5. The molecule has 0 unspecified atom stereocenters. The lowest BCUT2D eigenvalue weighted by Crippen LogP contribution is -2.35. The molecule has 2 aromatic rings. The van der Waals surface area contributed by atoms with E-state index in [2.05, 4.69) is 10.0 Å². The van der Waals surface area contributed by atoms with Gasteiger partial charge in [-0.3, -0.25) is 4.72 Å². The molecule has 2 N–H and O–H groups in total. The van der Waals surface area contributed by atoms with Crippen LogP contribution in [0.15, 0.2) is 53.4 Å². The second kappa shape index (κ2) is 9.18. The van der Waals surface area contributed by atoms with Gasteiger partial charge in [-0.15, -0.1) is 0 Å². The lowest BCUT2D eigenvalue weighted by atomic mass is 10.2. The molecule has 0 aromatic heterocycles. The van der Waals surface area contributed by atoms with Gasteiger partial charge in [0.25, 0.3) is 0 Å². The molecule has 0 radical (unpaired) electrons. The fourth-order valence-corrected chi connectivity index (χ4v) is 5.54. The van der Waals surface area contributed by atoms with Crippen LogP contribution in [0.1, 0.15) is 45.6 Å². The number of sulfonamides is 2. The molecular formula is C22H31N3O4S2. The van der Waals surface area contributed by atoms with Crippen molar-refractivity contribution in [1.29, 1.82) is 0 Å². The standard InChI is InChI=1S/C22H31N3O4S2/c1-22(2,3)31(28,29)24-19-12-10-18(11-13-19)17-23-20-8-7-9-21(16-20)30(26,27)25-14-5-4-6-15-25/h7-13,16,23-24H,4-6,14-15,17H2,1-3H3. The highest BCUT2D eigenvalue weighted by molar-refractivity contribution is 7.94. The first-order valence-electron chi connectivity index (χ1n) is 10.4.